The second kappa shape index (κ2) is 8.87. The molecule has 11 heteroatoms. The number of H-pyrrole nitrogens is 2. The highest BCUT2D eigenvalue weighted by Gasteiger charge is 2.24. The molecular formula is C27H21FN8O2. The van der Waals surface area contributed by atoms with Gasteiger partial charge in [-0.1, -0.05) is 12.8 Å². The van der Waals surface area contributed by atoms with Crippen LogP contribution in [-0.4, -0.2) is 41.0 Å². The third kappa shape index (κ3) is 3.71. The van der Waals surface area contributed by atoms with Gasteiger partial charge in [-0.15, -0.1) is 0 Å². The Hall–Kier alpha value is -4.93. The molecule has 1 amide bonds. The van der Waals surface area contributed by atoms with Crippen molar-refractivity contribution in [2.45, 2.75) is 25.7 Å². The Morgan fingerprint density at radius 2 is 1.97 bits per heavy atom. The lowest BCUT2D eigenvalue weighted by Crippen LogP contribution is -2.20. The molecule has 10 nitrogen and oxygen atoms in total. The zero-order chi connectivity index (χ0) is 25.6. The van der Waals surface area contributed by atoms with Crippen molar-refractivity contribution in [2.75, 3.05) is 5.32 Å². The van der Waals surface area contributed by atoms with Crippen LogP contribution in [0, 0.1) is 11.7 Å². The van der Waals surface area contributed by atoms with Gasteiger partial charge in [0.05, 0.1) is 47.0 Å². The molecule has 0 bridgehead atoms. The van der Waals surface area contributed by atoms with Crippen molar-refractivity contribution in [1.82, 2.24) is 35.1 Å². The number of rotatable bonds is 5. The molecule has 188 valence electrons. The quantitative estimate of drug-likeness (QED) is 0.280. The fraction of sp³-hybridized carbons (Fsp3) is 0.185. The van der Waals surface area contributed by atoms with E-state index in [0.29, 0.717) is 39.4 Å². The molecule has 0 saturated heterocycles. The van der Waals surface area contributed by atoms with Gasteiger partial charge in [0.1, 0.15) is 11.4 Å². The number of amides is 1. The Bertz CT molecular complexity index is 1800. The molecule has 6 heterocycles. The van der Waals surface area contributed by atoms with E-state index >= 15 is 4.39 Å². The Labute approximate surface area is 214 Å². The minimum Gasteiger partial charge on any atom is -0.472 e. The first-order valence-corrected chi connectivity index (χ1v) is 12.3. The average molecular weight is 509 g/mol. The molecule has 0 radical (unpaired) electrons. The molecule has 7 rings (SSSR count). The van der Waals surface area contributed by atoms with Crippen molar-refractivity contribution in [3.05, 3.63) is 61.3 Å². The third-order valence-corrected chi connectivity index (χ3v) is 7.00. The molecule has 0 unspecified atom stereocenters. The van der Waals surface area contributed by atoms with Gasteiger partial charge in [0.25, 0.3) is 0 Å². The lowest BCUT2D eigenvalue weighted by Gasteiger charge is -2.11. The summed E-state index contributed by atoms with van der Waals surface area (Å²) < 4.78 is 21.2. The number of hydrogen-bond acceptors (Lipinski definition) is 7. The monoisotopic (exact) mass is 508 g/mol. The molecule has 1 aliphatic rings. The number of carbonyl (C=O) groups excluding carboxylic acids is 1. The number of aromatic nitrogens is 7. The third-order valence-electron chi connectivity index (χ3n) is 7.00. The van der Waals surface area contributed by atoms with Crippen molar-refractivity contribution < 1.29 is 13.6 Å². The van der Waals surface area contributed by atoms with Crippen molar-refractivity contribution in [1.29, 1.82) is 0 Å². The maximum absolute atomic E-state index is 16.0. The van der Waals surface area contributed by atoms with Crippen LogP contribution in [0.15, 0.2) is 59.9 Å². The molecular weight excluding hydrogens is 487 g/mol. The topological polar surface area (TPSA) is 138 Å². The van der Waals surface area contributed by atoms with Crippen LogP contribution < -0.4 is 5.32 Å². The van der Waals surface area contributed by atoms with Crippen molar-refractivity contribution in [3.8, 4) is 33.9 Å². The van der Waals surface area contributed by atoms with E-state index in [1.54, 1.807) is 31.0 Å². The standard InChI is InChI=1S/C27H21FN8O2/c28-21-20-19(12-31-22(21)16-9-17(11-29-10-16)32-27(37)14-3-1-2-4-14)35-36-24(20)26-33-23-18(15-6-8-38-13-15)5-7-30-25(23)34-26/h5-14H,1-4H2,(H,32,37)(H,35,36)(H,30,33,34). The van der Waals surface area contributed by atoms with E-state index in [2.05, 4.69) is 40.4 Å². The number of imidazole rings is 1. The van der Waals surface area contributed by atoms with E-state index in [9.17, 15) is 4.79 Å². The highest BCUT2D eigenvalue weighted by molar-refractivity contribution is 5.97. The van der Waals surface area contributed by atoms with Gasteiger partial charge in [-0.3, -0.25) is 19.9 Å². The maximum atomic E-state index is 16.0. The molecule has 0 atom stereocenters. The molecule has 3 N–H and O–H groups in total. The first kappa shape index (κ1) is 22.3. The van der Waals surface area contributed by atoms with E-state index in [0.717, 1.165) is 36.8 Å². The summed E-state index contributed by atoms with van der Waals surface area (Å²) in [7, 11) is 0. The van der Waals surface area contributed by atoms with Crippen molar-refractivity contribution in [2.24, 2.45) is 5.92 Å². The van der Waals surface area contributed by atoms with Crippen LogP contribution in [-0.2, 0) is 4.79 Å². The number of halogens is 1. The second-order valence-corrected chi connectivity index (χ2v) is 9.37. The fourth-order valence-electron chi connectivity index (χ4n) is 5.10. The minimum absolute atomic E-state index is 0.00526. The van der Waals surface area contributed by atoms with E-state index in [-0.39, 0.29) is 22.9 Å². The van der Waals surface area contributed by atoms with E-state index < -0.39 is 5.82 Å². The van der Waals surface area contributed by atoms with E-state index in [1.807, 2.05) is 12.1 Å². The molecule has 1 aliphatic carbocycles. The summed E-state index contributed by atoms with van der Waals surface area (Å²) in [5.74, 6) is -0.237. The first-order valence-electron chi connectivity index (χ1n) is 12.3. The van der Waals surface area contributed by atoms with Gasteiger partial charge in [0.2, 0.25) is 5.91 Å². The molecule has 0 aliphatic heterocycles. The van der Waals surface area contributed by atoms with E-state index in [1.165, 1.54) is 12.4 Å². The molecule has 38 heavy (non-hydrogen) atoms. The van der Waals surface area contributed by atoms with Crippen LogP contribution in [0.1, 0.15) is 25.7 Å². The number of anilines is 1. The molecule has 6 aromatic rings. The zero-order valence-electron chi connectivity index (χ0n) is 20.0. The molecule has 0 spiro atoms. The van der Waals surface area contributed by atoms with Crippen LogP contribution >= 0.6 is 0 Å². The summed E-state index contributed by atoms with van der Waals surface area (Å²) in [6, 6.07) is 5.38. The lowest BCUT2D eigenvalue weighted by molar-refractivity contribution is -0.119. The average Bonchev–Trinajstić information content (AvgIpc) is 3.74. The maximum Gasteiger partial charge on any atom is 0.227 e. The van der Waals surface area contributed by atoms with E-state index in [4.69, 9.17) is 4.42 Å². The smallest absolute Gasteiger partial charge is 0.227 e. The summed E-state index contributed by atoms with van der Waals surface area (Å²) in [5.41, 5.74) is 4.64. The largest absolute Gasteiger partial charge is 0.472 e. The molecule has 0 aromatic carbocycles. The van der Waals surface area contributed by atoms with Crippen LogP contribution in [0.3, 0.4) is 0 Å². The van der Waals surface area contributed by atoms with Gasteiger partial charge >= 0.3 is 0 Å². The summed E-state index contributed by atoms with van der Waals surface area (Å²) in [5, 5.41) is 10.3. The number of carbonyl (C=O) groups is 1. The van der Waals surface area contributed by atoms with Crippen LogP contribution in [0.25, 0.3) is 56.0 Å². The highest BCUT2D eigenvalue weighted by Crippen LogP contribution is 2.34. The minimum atomic E-state index is -0.573. The SMILES string of the molecule is O=C(Nc1cncc(-c2ncc3[nH]nc(-c4nc5nccc(-c6ccoc6)c5[nH]4)c3c2F)c1)C1CCCC1. The van der Waals surface area contributed by atoms with Crippen LogP contribution in [0.4, 0.5) is 10.1 Å². The van der Waals surface area contributed by atoms with Gasteiger partial charge in [0, 0.05) is 35.0 Å². The Balaban J connectivity index is 1.28. The Morgan fingerprint density at radius 3 is 2.82 bits per heavy atom. The number of hydrogen-bond donors (Lipinski definition) is 3. The fourth-order valence-corrected chi connectivity index (χ4v) is 5.10. The van der Waals surface area contributed by atoms with Crippen molar-refractivity contribution >= 4 is 33.7 Å². The number of fused-ring (bicyclic) bond motifs is 2. The van der Waals surface area contributed by atoms with Gasteiger partial charge in [-0.05, 0) is 31.0 Å². The Kier molecular flexibility index (Phi) is 5.20. The summed E-state index contributed by atoms with van der Waals surface area (Å²) in [6.45, 7) is 0. The second-order valence-electron chi connectivity index (χ2n) is 9.37. The van der Waals surface area contributed by atoms with Gasteiger partial charge in [-0.2, -0.15) is 5.10 Å². The predicted molar refractivity (Wildman–Crippen MR) is 138 cm³/mol. The summed E-state index contributed by atoms with van der Waals surface area (Å²) in [4.78, 5) is 33.3. The molecule has 1 fully saturated rings. The van der Waals surface area contributed by atoms with Crippen LogP contribution in [0.5, 0.6) is 0 Å². The first-order chi connectivity index (χ1) is 18.7. The van der Waals surface area contributed by atoms with Gasteiger partial charge in [0.15, 0.2) is 17.3 Å². The number of pyridine rings is 3. The number of nitrogens with zero attached hydrogens (tertiary/aromatic N) is 5. The number of furan rings is 1. The summed E-state index contributed by atoms with van der Waals surface area (Å²) >= 11 is 0. The molecule has 1 saturated carbocycles. The molecule has 6 aromatic heterocycles. The van der Waals surface area contributed by atoms with Crippen LogP contribution in [0.2, 0.25) is 0 Å². The Morgan fingerprint density at radius 1 is 1.08 bits per heavy atom. The summed E-state index contributed by atoms with van der Waals surface area (Å²) in [6.07, 6.45) is 13.4. The van der Waals surface area contributed by atoms with Gasteiger partial charge in [-0.25, -0.2) is 14.4 Å². The number of aromatic amines is 2. The zero-order valence-corrected chi connectivity index (χ0v) is 20.0. The van der Waals surface area contributed by atoms with Crippen molar-refractivity contribution in [3.63, 3.8) is 0 Å². The normalized spacial score (nSPS) is 14.0. The van der Waals surface area contributed by atoms with Gasteiger partial charge < -0.3 is 14.7 Å². The predicted octanol–water partition coefficient (Wildman–Crippen LogP) is 5.49. The lowest BCUT2D eigenvalue weighted by atomic mass is 10.1. The number of nitrogens with one attached hydrogen (secondary N) is 3. The highest BCUT2D eigenvalue weighted by atomic mass is 19.1.